The minimum atomic E-state index is 0. The Kier molecular flexibility index (Phi) is 10.8. The molecule has 1 aliphatic heterocycles. The van der Waals surface area contributed by atoms with E-state index in [9.17, 15) is 0 Å². The van der Waals surface area contributed by atoms with E-state index in [0.717, 1.165) is 49.0 Å². The quantitative estimate of drug-likeness (QED) is 0.245. The zero-order valence-corrected chi connectivity index (χ0v) is 20.1. The van der Waals surface area contributed by atoms with Gasteiger partial charge in [-0.2, -0.15) is 0 Å². The molecule has 6 nitrogen and oxygen atoms in total. The van der Waals surface area contributed by atoms with Crippen molar-refractivity contribution in [1.29, 1.82) is 0 Å². The van der Waals surface area contributed by atoms with Crippen molar-refractivity contribution in [2.45, 2.75) is 25.6 Å². The number of methoxy groups -OCH3 is 1. The second-order valence-electron chi connectivity index (χ2n) is 6.96. The van der Waals surface area contributed by atoms with Gasteiger partial charge < -0.3 is 24.4 Å². The van der Waals surface area contributed by atoms with E-state index < -0.39 is 0 Å². The molecule has 164 valence electrons. The summed E-state index contributed by atoms with van der Waals surface area (Å²) in [6.07, 6.45) is 2.23. The lowest BCUT2D eigenvalue weighted by molar-refractivity contribution is 0.119. The number of hydrogen-bond donors (Lipinski definition) is 1. The van der Waals surface area contributed by atoms with Crippen molar-refractivity contribution in [3.8, 4) is 11.5 Å². The van der Waals surface area contributed by atoms with E-state index in [2.05, 4.69) is 15.2 Å². The maximum absolute atomic E-state index is 6.07. The molecule has 2 aromatic carbocycles. The average Bonchev–Trinajstić information content (AvgIpc) is 2.78. The maximum Gasteiger partial charge on any atom is 0.193 e. The van der Waals surface area contributed by atoms with Gasteiger partial charge in [0.15, 0.2) is 5.96 Å². The molecule has 1 fully saturated rings. The van der Waals surface area contributed by atoms with Gasteiger partial charge in [0, 0.05) is 45.1 Å². The van der Waals surface area contributed by atoms with Crippen molar-refractivity contribution in [1.82, 2.24) is 10.2 Å². The molecule has 0 radical (unpaired) electrons. The largest absolute Gasteiger partial charge is 0.496 e. The zero-order valence-electron chi connectivity index (χ0n) is 17.8. The van der Waals surface area contributed by atoms with Gasteiger partial charge in [0.2, 0.25) is 0 Å². The predicted molar refractivity (Wildman–Crippen MR) is 131 cm³/mol. The number of nitrogens with zero attached hydrogens (tertiary/aromatic N) is 2. The van der Waals surface area contributed by atoms with Gasteiger partial charge in [0.05, 0.1) is 20.3 Å². The van der Waals surface area contributed by atoms with Gasteiger partial charge in [0.25, 0.3) is 0 Å². The van der Waals surface area contributed by atoms with Crippen molar-refractivity contribution in [2.75, 3.05) is 40.4 Å². The first-order chi connectivity index (χ1) is 14.3. The monoisotopic (exact) mass is 525 g/mol. The number of aliphatic imine (C=N–C) groups is 1. The van der Waals surface area contributed by atoms with E-state index in [0.29, 0.717) is 19.8 Å². The van der Waals surface area contributed by atoms with Gasteiger partial charge in [0.1, 0.15) is 17.6 Å². The molecule has 0 aromatic heterocycles. The molecule has 1 N–H and O–H groups in total. The van der Waals surface area contributed by atoms with Crippen LogP contribution in [0.25, 0.3) is 0 Å². The zero-order chi connectivity index (χ0) is 20.3. The number of likely N-dealkylation sites (tertiary alicyclic amines) is 1. The molecular formula is C23H32IN3O3. The molecule has 0 atom stereocenters. The highest BCUT2D eigenvalue weighted by molar-refractivity contribution is 14.0. The summed E-state index contributed by atoms with van der Waals surface area (Å²) in [5.41, 5.74) is 1.06. The summed E-state index contributed by atoms with van der Waals surface area (Å²) in [5, 5.41) is 3.40. The number of rotatable bonds is 8. The van der Waals surface area contributed by atoms with Crippen LogP contribution in [-0.2, 0) is 11.3 Å². The Bertz CT molecular complexity index is 765. The minimum Gasteiger partial charge on any atom is -0.496 e. The first-order valence-corrected chi connectivity index (χ1v) is 10.2. The highest BCUT2D eigenvalue weighted by Crippen LogP contribution is 2.19. The lowest BCUT2D eigenvalue weighted by Crippen LogP contribution is -2.48. The van der Waals surface area contributed by atoms with Gasteiger partial charge in [-0.25, -0.2) is 0 Å². The molecule has 1 aliphatic rings. The standard InChI is InChI=1S/C23H31N3O3.HI/c1-24-23(25-14-17-28-18-19-8-6-7-11-22(19)27-2)26-15-12-21(13-16-26)29-20-9-4-3-5-10-20;/h3-11,21H,12-18H2,1-2H3,(H,24,25);1H. The van der Waals surface area contributed by atoms with Crippen molar-refractivity contribution >= 4 is 29.9 Å². The summed E-state index contributed by atoms with van der Waals surface area (Å²) in [7, 11) is 3.50. The van der Waals surface area contributed by atoms with Gasteiger partial charge in [-0.15, -0.1) is 24.0 Å². The molecule has 0 aliphatic carbocycles. The molecular weight excluding hydrogens is 493 g/mol. The van der Waals surface area contributed by atoms with E-state index >= 15 is 0 Å². The first-order valence-electron chi connectivity index (χ1n) is 10.2. The van der Waals surface area contributed by atoms with Crippen LogP contribution in [0.1, 0.15) is 18.4 Å². The van der Waals surface area contributed by atoms with Crippen molar-refractivity contribution in [3.63, 3.8) is 0 Å². The molecule has 0 saturated carbocycles. The number of guanidine groups is 1. The molecule has 0 amide bonds. The third kappa shape index (κ3) is 7.36. The Hall–Kier alpha value is -2.00. The van der Waals surface area contributed by atoms with Crippen LogP contribution in [0.2, 0.25) is 0 Å². The van der Waals surface area contributed by atoms with E-state index in [1.54, 1.807) is 7.11 Å². The summed E-state index contributed by atoms with van der Waals surface area (Å²) >= 11 is 0. The van der Waals surface area contributed by atoms with Gasteiger partial charge >= 0.3 is 0 Å². The van der Waals surface area contributed by atoms with E-state index in [1.165, 1.54) is 0 Å². The highest BCUT2D eigenvalue weighted by atomic mass is 127. The molecule has 1 saturated heterocycles. The first kappa shape index (κ1) is 24.3. The van der Waals surface area contributed by atoms with Gasteiger partial charge in [-0.3, -0.25) is 4.99 Å². The molecule has 2 aromatic rings. The third-order valence-corrected chi connectivity index (χ3v) is 4.98. The molecule has 0 spiro atoms. The summed E-state index contributed by atoms with van der Waals surface area (Å²) in [4.78, 5) is 6.70. The van der Waals surface area contributed by atoms with Crippen LogP contribution in [-0.4, -0.2) is 57.4 Å². The lowest BCUT2D eigenvalue weighted by atomic mass is 10.1. The smallest absolute Gasteiger partial charge is 0.193 e. The third-order valence-electron chi connectivity index (χ3n) is 4.98. The topological polar surface area (TPSA) is 55.3 Å². The van der Waals surface area contributed by atoms with Gasteiger partial charge in [-0.1, -0.05) is 36.4 Å². The Balaban J connectivity index is 0.00000320. The lowest BCUT2D eigenvalue weighted by Gasteiger charge is -2.34. The summed E-state index contributed by atoms with van der Waals surface area (Å²) in [5.74, 6) is 2.72. The Morgan fingerprint density at radius 2 is 1.77 bits per heavy atom. The van der Waals surface area contributed by atoms with Crippen LogP contribution in [0.4, 0.5) is 0 Å². The van der Waals surface area contributed by atoms with Crippen LogP contribution < -0.4 is 14.8 Å². The fourth-order valence-electron chi connectivity index (χ4n) is 3.45. The van der Waals surface area contributed by atoms with Crippen molar-refractivity contribution < 1.29 is 14.2 Å². The second-order valence-corrected chi connectivity index (χ2v) is 6.96. The van der Waals surface area contributed by atoms with Crippen LogP contribution in [0.5, 0.6) is 11.5 Å². The minimum absolute atomic E-state index is 0. The van der Waals surface area contributed by atoms with E-state index in [4.69, 9.17) is 14.2 Å². The number of para-hydroxylation sites is 2. The van der Waals surface area contributed by atoms with Crippen LogP contribution in [0.15, 0.2) is 59.6 Å². The normalized spacial score (nSPS) is 14.7. The molecule has 7 heteroatoms. The van der Waals surface area contributed by atoms with Gasteiger partial charge in [-0.05, 0) is 18.2 Å². The second kappa shape index (κ2) is 13.3. The number of ether oxygens (including phenoxy) is 3. The molecule has 30 heavy (non-hydrogen) atoms. The molecule has 0 unspecified atom stereocenters. The summed E-state index contributed by atoms with van der Waals surface area (Å²) < 4.78 is 17.2. The molecule has 3 rings (SSSR count). The van der Waals surface area contributed by atoms with E-state index in [-0.39, 0.29) is 30.1 Å². The highest BCUT2D eigenvalue weighted by Gasteiger charge is 2.22. The summed E-state index contributed by atoms with van der Waals surface area (Å²) in [6, 6.07) is 18.0. The average molecular weight is 525 g/mol. The van der Waals surface area contributed by atoms with Crippen molar-refractivity contribution in [3.05, 3.63) is 60.2 Å². The molecule has 0 bridgehead atoms. The number of halogens is 1. The maximum atomic E-state index is 6.07. The number of hydrogen-bond acceptors (Lipinski definition) is 4. The number of nitrogens with one attached hydrogen (secondary N) is 1. The predicted octanol–water partition coefficient (Wildman–Crippen LogP) is 3.95. The SMILES string of the molecule is CN=C(NCCOCc1ccccc1OC)N1CCC(Oc2ccccc2)CC1.I. The Morgan fingerprint density at radius 3 is 2.47 bits per heavy atom. The molecule has 1 heterocycles. The fraction of sp³-hybridized carbons (Fsp3) is 0.435. The Labute approximate surface area is 196 Å². The van der Waals surface area contributed by atoms with Crippen LogP contribution in [0, 0.1) is 0 Å². The fourth-order valence-corrected chi connectivity index (χ4v) is 3.45. The van der Waals surface area contributed by atoms with Crippen molar-refractivity contribution in [2.24, 2.45) is 4.99 Å². The number of piperidine rings is 1. The van der Waals surface area contributed by atoms with E-state index in [1.807, 2.05) is 61.6 Å². The Morgan fingerprint density at radius 1 is 1.07 bits per heavy atom. The van der Waals surface area contributed by atoms with Crippen LogP contribution >= 0.6 is 24.0 Å². The summed E-state index contributed by atoms with van der Waals surface area (Å²) in [6.45, 7) is 3.71. The van der Waals surface area contributed by atoms with Crippen LogP contribution in [0.3, 0.4) is 0 Å². The number of benzene rings is 2.